The number of hydrogen-bond donors (Lipinski definition) is 2. The van der Waals surface area contributed by atoms with E-state index in [0.717, 1.165) is 27.8 Å². The minimum atomic E-state index is -1.12. The van der Waals surface area contributed by atoms with Crippen LogP contribution in [0.2, 0.25) is 0 Å². The maximum absolute atomic E-state index is 14.3. The van der Waals surface area contributed by atoms with Crippen LogP contribution in [0.1, 0.15) is 47.1 Å². The van der Waals surface area contributed by atoms with Crippen molar-refractivity contribution < 1.29 is 19.2 Å². The van der Waals surface area contributed by atoms with Gasteiger partial charge >= 0.3 is 11.8 Å². The standard InChI is InChI=1S/C31H28N4O4/c1-3-16-32-27(36)28(37)34-33-17-31-22-10-6-4-8-20(22)24(21-9-5-7-11-23(21)31)25-26(31)30(39)35(29(25)38)19-14-12-18(2)13-15-19/h4-15,17,24-26H,3,16H2,1-2H3,(H,32,36)(H,34,37)/b33-17-/t24?,25-,26-,31?/m1/s1. The maximum atomic E-state index is 14.3. The second-order valence-corrected chi connectivity index (χ2v) is 10.3. The van der Waals surface area contributed by atoms with Crippen LogP contribution in [0.4, 0.5) is 5.69 Å². The van der Waals surface area contributed by atoms with Gasteiger partial charge in [0.25, 0.3) is 0 Å². The van der Waals surface area contributed by atoms with Crippen LogP contribution >= 0.6 is 0 Å². The summed E-state index contributed by atoms with van der Waals surface area (Å²) in [6.07, 6.45) is 2.24. The Kier molecular flexibility index (Phi) is 5.90. The number of hydrogen-bond acceptors (Lipinski definition) is 5. The van der Waals surface area contributed by atoms with Crippen LogP contribution < -0.4 is 15.6 Å². The number of aryl methyl sites for hydroxylation is 1. The van der Waals surface area contributed by atoms with E-state index in [9.17, 15) is 19.2 Å². The maximum Gasteiger partial charge on any atom is 0.329 e. The van der Waals surface area contributed by atoms with Gasteiger partial charge in [-0.25, -0.2) is 10.3 Å². The Morgan fingerprint density at radius 2 is 1.51 bits per heavy atom. The van der Waals surface area contributed by atoms with E-state index < -0.39 is 29.1 Å². The van der Waals surface area contributed by atoms with Gasteiger partial charge in [0.15, 0.2) is 0 Å². The quantitative estimate of drug-likeness (QED) is 0.233. The molecule has 4 amide bonds. The number of amides is 4. The largest absolute Gasteiger partial charge is 0.348 e. The summed E-state index contributed by atoms with van der Waals surface area (Å²) in [7, 11) is 0. The van der Waals surface area contributed by atoms with Gasteiger partial charge in [-0.3, -0.25) is 19.2 Å². The average molecular weight is 521 g/mol. The van der Waals surface area contributed by atoms with Gasteiger partial charge in [0.2, 0.25) is 11.8 Å². The van der Waals surface area contributed by atoms with E-state index in [0.29, 0.717) is 18.7 Å². The first-order valence-corrected chi connectivity index (χ1v) is 13.2. The third-order valence-corrected chi connectivity index (χ3v) is 8.15. The molecular weight excluding hydrogens is 492 g/mol. The van der Waals surface area contributed by atoms with Gasteiger partial charge in [0.1, 0.15) is 0 Å². The minimum Gasteiger partial charge on any atom is -0.348 e. The van der Waals surface area contributed by atoms with E-state index in [4.69, 9.17) is 0 Å². The summed E-state index contributed by atoms with van der Waals surface area (Å²) in [4.78, 5) is 54.2. The number of hydrazone groups is 1. The van der Waals surface area contributed by atoms with Crippen molar-refractivity contribution in [3.8, 4) is 0 Å². The number of imide groups is 1. The molecule has 3 aromatic rings. The highest BCUT2D eigenvalue weighted by atomic mass is 16.2. The summed E-state index contributed by atoms with van der Waals surface area (Å²) < 4.78 is 0. The van der Waals surface area contributed by atoms with E-state index in [1.165, 1.54) is 4.90 Å². The number of rotatable bonds is 5. The van der Waals surface area contributed by atoms with E-state index in [1.54, 1.807) is 18.3 Å². The third kappa shape index (κ3) is 3.55. The summed E-state index contributed by atoms with van der Waals surface area (Å²) in [5.74, 6) is -3.93. The fourth-order valence-corrected chi connectivity index (χ4v) is 6.56. The topological polar surface area (TPSA) is 108 Å². The molecule has 0 saturated carbocycles. The van der Waals surface area contributed by atoms with E-state index in [1.807, 2.05) is 74.5 Å². The highest BCUT2D eigenvalue weighted by Gasteiger charge is 2.68. The smallest absolute Gasteiger partial charge is 0.329 e. The van der Waals surface area contributed by atoms with Crippen LogP contribution in [0, 0.1) is 18.8 Å². The third-order valence-electron chi connectivity index (χ3n) is 8.15. The molecule has 196 valence electrons. The van der Waals surface area contributed by atoms with Gasteiger partial charge in [-0.2, -0.15) is 5.10 Å². The summed E-state index contributed by atoms with van der Waals surface area (Å²) in [5, 5.41) is 6.78. The molecule has 39 heavy (non-hydrogen) atoms. The average Bonchev–Trinajstić information content (AvgIpc) is 3.23. The lowest BCUT2D eigenvalue weighted by Gasteiger charge is -2.52. The van der Waals surface area contributed by atoms with Crippen LogP contribution in [0.5, 0.6) is 0 Å². The molecule has 8 nitrogen and oxygen atoms in total. The molecule has 2 bridgehead atoms. The molecule has 0 radical (unpaired) electrons. The zero-order valence-corrected chi connectivity index (χ0v) is 21.7. The summed E-state index contributed by atoms with van der Waals surface area (Å²) in [5.41, 5.74) is 6.44. The highest BCUT2D eigenvalue weighted by Crippen LogP contribution is 2.63. The molecule has 2 N–H and O–H groups in total. The Bertz CT molecular complexity index is 1500. The zero-order valence-electron chi connectivity index (χ0n) is 21.7. The summed E-state index contributed by atoms with van der Waals surface area (Å²) in [6.45, 7) is 4.21. The lowest BCUT2D eigenvalue weighted by atomic mass is 9.47. The number of benzene rings is 3. The molecule has 0 aromatic heterocycles. The Balaban J connectivity index is 1.51. The van der Waals surface area contributed by atoms with Crippen molar-refractivity contribution in [2.45, 2.75) is 31.6 Å². The zero-order chi connectivity index (χ0) is 27.3. The molecule has 2 atom stereocenters. The molecule has 1 fully saturated rings. The molecule has 0 unspecified atom stereocenters. The van der Waals surface area contributed by atoms with Crippen molar-refractivity contribution in [2.24, 2.45) is 16.9 Å². The Hall–Kier alpha value is -4.59. The summed E-state index contributed by atoms with van der Waals surface area (Å²) in [6, 6.07) is 22.9. The van der Waals surface area contributed by atoms with Gasteiger partial charge in [-0.15, -0.1) is 0 Å². The van der Waals surface area contributed by atoms with Crippen molar-refractivity contribution in [3.63, 3.8) is 0 Å². The molecule has 8 heteroatoms. The molecule has 3 aromatic carbocycles. The van der Waals surface area contributed by atoms with Crippen LogP contribution in [0.25, 0.3) is 0 Å². The fraction of sp³-hybridized carbons (Fsp3) is 0.258. The number of carbonyl (C=O) groups excluding carboxylic acids is 4. The predicted molar refractivity (Wildman–Crippen MR) is 146 cm³/mol. The number of nitrogens with zero attached hydrogens (tertiary/aromatic N) is 2. The molecule has 0 spiro atoms. The van der Waals surface area contributed by atoms with Crippen molar-refractivity contribution in [3.05, 3.63) is 101 Å². The highest BCUT2D eigenvalue weighted by molar-refractivity contribution is 6.35. The molecule has 3 aliphatic carbocycles. The van der Waals surface area contributed by atoms with Gasteiger partial charge < -0.3 is 5.32 Å². The molecule has 7 rings (SSSR count). The summed E-state index contributed by atoms with van der Waals surface area (Å²) >= 11 is 0. The predicted octanol–water partition coefficient (Wildman–Crippen LogP) is 3.17. The number of carbonyl (C=O) groups is 4. The van der Waals surface area contributed by atoms with Crippen LogP contribution in [-0.2, 0) is 24.6 Å². The first-order chi connectivity index (χ1) is 18.9. The van der Waals surface area contributed by atoms with E-state index in [2.05, 4.69) is 15.8 Å². The number of nitrogens with one attached hydrogen (secondary N) is 2. The normalized spacial score (nSPS) is 24.4. The molecule has 1 saturated heterocycles. The lowest BCUT2D eigenvalue weighted by molar-refractivity contribution is -0.139. The van der Waals surface area contributed by atoms with Crippen molar-refractivity contribution in [1.29, 1.82) is 0 Å². The Morgan fingerprint density at radius 1 is 0.897 bits per heavy atom. The van der Waals surface area contributed by atoms with Crippen molar-refractivity contribution >= 4 is 35.5 Å². The second kappa shape index (κ2) is 9.31. The van der Waals surface area contributed by atoms with Gasteiger partial charge in [0, 0.05) is 18.7 Å². The Labute approximate surface area is 226 Å². The minimum absolute atomic E-state index is 0.247. The first-order valence-electron chi connectivity index (χ1n) is 13.2. The lowest BCUT2D eigenvalue weighted by Crippen LogP contribution is -2.55. The van der Waals surface area contributed by atoms with Crippen LogP contribution in [0.15, 0.2) is 77.9 Å². The van der Waals surface area contributed by atoms with Gasteiger partial charge in [-0.1, -0.05) is 73.2 Å². The molecule has 1 aliphatic heterocycles. The van der Waals surface area contributed by atoms with Crippen molar-refractivity contribution in [1.82, 2.24) is 10.7 Å². The first kappa shape index (κ1) is 24.7. The Morgan fingerprint density at radius 3 is 2.13 bits per heavy atom. The van der Waals surface area contributed by atoms with Gasteiger partial charge in [-0.05, 0) is 47.7 Å². The second-order valence-electron chi connectivity index (χ2n) is 10.3. The monoisotopic (exact) mass is 520 g/mol. The fourth-order valence-electron chi connectivity index (χ4n) is 6.56. The van der Waals surface area contributed by atoms with Crippen LogP contribution in [0.3, 0.4) is 0 Å². The molecule has 4 aliphatic rings. The number of anilines is 1. The van der Waals surface area contributed by atoms with Crippen molar-refractivity contribution in [2.75, 3.05) is 11.4 Å². The van der Waals surface area contributed by atoms with E-state index >= 15 is 0 Å². The van der Waals surface area contributed by atoms with Crippen LogP contribution in [-0.4, -0.2) is 36.4 Å². The van der Waals surface area contributed by atoms with E-state index in [-0.39, 0.29) is 17.7 Å². The molecule has 1 heterocycles. The molecular formula is C31H28N4O4. The SMILES string of the molecule is CCCNC(=O)C(=O)N/N=C\C12c3ccccc3C(c3ccccc31)[C@H]1C(=O)N(c3ccc(C)cc3)C(=O)[C@@H]12. The van der Waals surface area contributed by atoms with Gasteiger partial charge in [0.05, 0.1) is 22.9 Å².